The van der Waals surface area contributed by atoms with E-state index in [1.54, 1.807) is 23.0 Å². The van der Waals surface area contributed by atoms with Crippen molar-refractivity contribution in [2.75, 3.05) is 5.32 Å². The number of alkyl halides is 3. The zero-order valence-electron chi connectivity index (χ0n) is 16.6. The molecule has 0 fully saturated rings. The summed E-state index contributed by atoms with van der Waals surface area (Å²) in [6.45, 7) is 2.90. The molecule has 6 nitrogen and oxygen atoms in total. The van der Waals surface area contributed by atoms with E-state index in [9.17, 15) is 13.2 Å². The predicted molar refractivity (Wildman–Crippen MR) is 111 cm³/mol. The molecule has 0 atom stereocenters. The summed E-state index contributed by atoms with van der Waals surface area (Å²) in [4.78, 5) is 8.80. The quantitative estimate of drug-likeness (QED) is 0.469. The second kappa shape index (κ2) is 8.55. The van der Waals surface area contributed by atoms with Crippen LogP contribution in [0, 0.1) is 0 Å². The van der Waals surface area contributed by atoms with Gasteiger partial charge in [-0.15, -0.1) is 5.10 Å². The fraction of sp³-hybridized carbons (Fsp3) is 0.182. The smallest absolute Gasteiger partial charge is 0.350 e. The first-order valence-corrected chi connectivity index (χ1v) is 9.68. The summed E-state index contributed by atoms with van der Waals surface area (Å²) in [6.07, 6.45) is -2.85. The molecule has 0 spiro atoms. The number of hydrogen-bond acceptors (Lipinski definition) is 5. The van der Waals surface area contributed by atoms with Gasteiger partial charge in [0.15, 0.2) is 0 Å². The summed E-state index contributed by atoms with van der Waals surface area (Å²) in [6, 6.07) is 16.5. The number of anilines is 1. The van der Waals surface area contributed by atoms with Gasteiger partial charge in [0.2, 0.25) is 5.95 Å². The maximum absolute atomic E-state index is 13.2. The lowest BCUT2D eigenvalue weighted by Crippen LogP contribution is -2.06. The molecular formula is C22H19F3N6. The number of rotatable bonds is 6. The Kier molecular flexibility index (Phi) is 5.66. The molecule has 0 amide bonds. The van der Waals surface area contributed by atoms with Crippen molar-refractivity contribution in [2.45, 2.75) is 26.2 Å². The van der Waals surface area contributed by atoms with E-state index in [0.717, 1.165) is 17.7 Å². The first-order valence-electron chi connectivity index (χ1n) is 9.68. The van der Waals surface area contributed by atoms with Crippen LogP contribution in [0.5, 0.6) is 0 Å². The summed E-state index contributed by atoms with van der Waals surface area (Å²) >= 11 is 0. The Labute approximate surface area is 176 Å². The average molecular weight is 424 g/mol. The third-order valence-corrected chi connectivity index (χ3v) is 4.69. The van der Waals surface area contributed by atoms with E-state index in [2.05, 4.69) is 25.6 Å². The van der Waals surface area contributed by atoms with Gasteiger partial charge in [-0.1, -0.05) is 47.7 Å². The van der Waals surface area contributed by atoms with Crippen LogP contribution in [0.4, 0.5) is 19.1 Å². The van der Waals surface area contributed by atoms with Crippen molar-refractivity contribution in [3.05, 3.63) is 78.0 Å². The van der Waals surface area contributed by atoms with Gasteiger partial charge < -0.3 is 5.32 Å². The molecule has 158 valence electrons. The van der Waals surface area contributed by atoms with E-state index in [4.69, 9.17) is 0 Å². The molecule has 9 heteroatoms. The van der Waals surface area contributed by atoms with Gasteiger partial charge in [-0.3, -0.25) is 0 Å². The Hall–Kier alpha value is -3.75. The highest BCUT2D eigenvalue weighted by Crippen LogP contribution is 2.34. The van der Waals surface area contributed by atoms with Gasteiger partial charge in [0, 0.05) is 24.8 Å². The lowest BCUT2D eigenvalue weighted by atomic mass is 10.0. The number of hydrogen-bond donors (Lipinski definition) is 1. The molecule has 0 aliphatic rings. The third kappa shape index (κ3) is 4.55. The summed E-state index contributed by atoms with van der Waals surface area (Å²) in [5, 5.41) is 11.4. The molecule has 2 aromatic carbocycles. The van der Waals surface area contributed by atoms with Crippen molar-refractivity contribution in [3.63, 3.8) is 0 Å². The highest BCUT2D eigenvalue weighted by Gasteiger charge is 2.31. The van der Waals surface area contributed by atoms with Crippen molar-refractivity contribution in [2.24, 2.45) is 0 Å². The largest absolute Gasteiger partial charge is 0.416 e. The van der Waals surface area contributed by atoms with Gasteiger partial charge in [-0.25, -0.2) is 14.6 Å². The summed E-state index contributed by atoms with van der Waals surface area (Å²) in [5.74, 6) is 0.403. The SMILES string of the molecule is CCn1nnc(-c2cccc(C(F)(F)F)c2)c1-c1ccnc(NCc2ccccc2)n1. The monoisotopic (exact) mass is 424 g/mol. The number of aromatic nitrogens is 5. The van der Waals surface area contributed by atoms with Crippen LogP contribution in [0.1, 0.15) is 18.1 Å². The van der Waals surface area contributed by atoms with Gasteiger partial charge in [0.1, 0.15) is 11.4 Å². The number of nitrogens with zero attached hydrogens (tertiary/aromatic N) is 5. The highest BCUT2D eigenvalue weighted by atomic mass is 19.4. The predicted octanol–water partition coefficient (Wildman–Crippen LogP) is 5.05. The van der Waals surface area contributed by atoms with Crippen molar-refractivity contribution < 1.29 is 13.2 Å². The van der Waals surface area contributed by atoms with E-state index in [0.29, 0.717) is 41.7 Å². The van der Waals surface area contributed by atoms with Crippen molar-refractivity contribution in [3.8, 4) is 22.6 Å². The van der Waals surface area contributed by atoms with Gasteiger partial charge in [0.25, 0.3) is 0 Å². The molecule has 0 bridgehead atoms. The summed E-state index contributed by atoms with van der Waals surface area (Å²) < 4.78 is 41.2. The zero-order chi connectivity index (χ0) is 21.8. The molecule has 0 aliphatic carbocycles. The molecule has 0 aliphatic heterocycles. The first-order chi connectivity index (χ1) is 15.0. The number of aryl methyl sites for hydroxylation is 1. The van der Waals surface area contributed by atoms with Gasteiger partial charge in [0.05, 0.1) is 11.3 Å². The van der Waals surface area contributed by atoms with Crippen LogP contribution in [-0.2, 0) is 19.3 Å². The fourth-order valence-corrected chi connectivity index (χ4v) is 3.18. The minimum Gasteiger partial charge on any atom is -0.350 e. The van der Waals surface area contributed by atoms with Crippen LogP contribution in [0.25, 0.3) is 22.6 Å². The van der Waals surface area contributed by atoms with Crippen LogP contribution in [0.3, 0.4) is 0 Å². The van der Waals surface area contributed by atoms with Crippen LogP contribution in [0.2, 0.25) is 0 Å². The normalized spacial score (nSPS) is 11.5. The molecule has 0 unspecified atom stereocenters. The Bertz CT molecular complexity index is 1170. The molecule has 0 saturated carbocycles. The lowest BCUT2D eigenvalue weighted by Gasteiger charge is -2.10. The first kappa shape index (κ1) is 20.5. The van der Waals surface area contributed by atoms with Crippen LogP contribution in [0.15, 0.2) is 66.9 Å². The number of benzene rings is 2. The number of halogens is 3. The Balaban J connectivity index is 1.70. The lowest BCUT2D eigenvalue weighted by molar-refractivity contribution is -0.137. The van der Waals surface area contributed by atoms with Crippen LogP contribution >= 0.6 is 0 Å². The zero-order valence-corrected chi connectivity index (χ0v) is 16.6. The number of nitrogens with one attached hydrogen (secondary N) is 1. The minimum atomic E-state index is -4.44. The molecule has 4 rings (SSSR count). The van der Waals surface area contributed by atoms with Crippen LogP contribution < -0.4 is 5.32 Å². The minimum absolute atomic E-state index is 0.321. The molecular weight excluding hydrogens is 405 g/mol. The molecule has 1 N–H and O–H groups in total. The molecule has 0 radical (unpaired) electrons. The third-order valence-electron chi connectivity index (χ3n) is 4.69. The molecule has 31 heavy (non-hydrogen) atoms. The fourth-order valence-electron chi connectivity index (χ4n) is 3.18. The second-order valence-electron chi connectivity index (χ2n) is 6.79. The summed E-state index contributed by atoms with van der Waals surface area (Å²) in [5.41, 5.74) is 2.04. The van der Waals surface area contributed by atoms with E-state index in [-0.39, 0.29) is 0 Å². The molecule has 0 saturated heterocycles. The van der Waals surface area contributed by atoms with E-state index in [1.165, 1.54) is 6.07 Å². The molecule has 2 aromatic heterocycles. The van der Waals surface area contributed by atoms with Crippen molar-refractivity contribution >= 4 is 5.95 Å². The van der Waals surface area contributed by atoms with E-state index >= 15 is 0 Å². The Morgan fingerprint density at radius 1 is 1.00 bits per heavy atom. The van der Waals surface area contributed by atoms with E-state index < -0.39 is 11.7 Å². The average Bonchev–Trinajstić information content (AvgIpc) is 3.22. The Morgan fingerprint density at radius 3 is 2.55 bits per heavy atom. The van der Waals surface area contributed by atoms with Crippen molar-refractivity contribution in [1.82, 2.24) is 25.0 Å². The van der Waals surface area contributed by atoms with E-state index in [1.807, 2.05) is 37.3 Å². The van der Waals surface area contributed by atoms with Gasteiger partial charge in [-0.05, 0) is 30.7 Å². The Morgan fingerprint density at radius 2 is 1.81 bits per heavy atom. The standard InChI is InChI=1S/C22H19F3N6/c1-2-31-20(19(29-30-31)16-9-6-10-17(13-16)22(23,24)25)18-11-12-26-21(28-18)27-14-15-7-4-3-5-8-15/h3-13H,2,14H2,1H3,(H,26,27,28). The van der Waals surface area contributed by atoms with Gasteiger partial charge in [-0.2, -0.15) is 13.2 Å². The summed E-state index contributed by atoms with van der Waals surface area (Å²) in [7, 11) is 0. The van der Waals surface area contributed by atoms with Gasteiger partial charge >= 0.3 is 6.18 Å². The molecule has 4 aromatic rings. The topological polar surface area (TPSA) is 68.5 Å². The van der Waals surface area contributed by atoms with Crippen LogP contribution in [-0.4, -0.2) is 25.0 Å². The molecule has 2 heterocycles. The van der Waals surface area contributed by atoms with Crippen molar-refractivity contribution in [1.29, 1.82) is 0 Å². The second-order valence-corrected chi connectivity index (χ2v) is 6.79. The maximum Gasteiger partial charge on any atom is 0.416 e. The maximum atomic E-state index is 13.2. The highest BCUT2D eigenvalue weighted by molar-refractivity contribution is 5.76.